The number of hydrogen-bond acceptors (Lipinski definition) is 5. The number of hydrogen-bond donors (Lipinski definition) is 2. The Hall–Kier alpha value is -1.99. The minimum Gasteiger partial charge on any atom is -0.508 e. The molecular formula is C11H11N3O3S. The van der Waals surface area contributed by atoms with Gasteiger partial charge in [0.2, 0.25) is 10.0 Å². The van der Waals surface area contributed by atoms with Crippen molar-refractivity contribution >= 4 is 10.0 Å². The van der Waals surface area contributed by atoms with Gasteiger partial charge in [-0.05, 0) is 36.4 Å². The van der Waals surface area contributed by atoms with Gasteiger partial charge in [0, 0.05) is 6.20 Å². The van der Waals surface area contributed by atoms with Crippen molar-refractivity contribution in [2.24, 2.45) is 0 Å². The lowest BCUT2D eigenvalue weighted by atomic mass is 10.3. The van der Waals surface area contributed by atoms with Crippen LogP contribution < -0.4 is 4.72 Å². The standard InChI is InChI=1S/C11H11N3O3S/c15-10-3-5-11(6-4-10)18(16,17)13-8-9-2-1-7-12-14-9/h1-7,13,15H,8H2. The van der Waals surface area contributed by atoms with Gasteiger partial charge in [0.1, 0.15) is 5.75 Å². The summed E-state index contributed by atoms with van der Waals surface area (Å²) in [6, 6.07) is 8.64. The molecule has 18 heavy (non-hydrogen) atoms. The van der Waals surface area contributed by atoms with Crippen molar-refractivity contribution in [2.75, 3.05) is 0 Å². The topological polar surface area (TPSA) is 92.2 Å². The second-order valence-corrected chi connectivity index (χ2v) is 5.30. The zero-order valence-corrected chi connectivity index (χ0v) is 10.1. The molecule has 0 bridgehead atoms. The van der Waals surface area contributed by atoms with E-state index in [9.17, 15) is 8.42 Å². The van der Waals surface area contributed by atoms with Crippen LogP contribution in [0.2, 0.25) is 0 Å². The van der Waals surface area contributed by atoms with E-state index in [0.29, 0.717) is 5.69 Å². The Kier molecular flexibility index (Phi) is 3.54. The van der Waals surface area contributed by atoms with Gasteiger partial charge in [0.15, 0.2) is 0 Å². The summed E-state index contributed by atoms with van der Waals surface area (Å²) in [5, 5.41) is 16.5. The molecule has 0 unspecified atom stereocenters. The highest BCUT2D eigenvalue weighted by atomic mass is 32.2. The molecule has 0 fully saturated rings. The molecule has 1 aromatic carbocycles. The van der Waals surface area contributed by atoms with E-state index in [4.69, 9.17) is 5.11 Å². The molecule has 0 saturated carbocycles. The summed E-state index contributed by atoms with van der Waals surface area (Å²) in [5.41, 5.74) is 0.528. The van der Waals surface area contributed by atoms with Crippen LogP contribution in [0.5, 0.6) is 5.75 Å². The molecule has 0 aliphatic heterocycles. The van der Waals surface area contributed by atoms with Gasteiger partial charge in [0.25, 0.3) is 0 Å². The van der Waals surface area contributed by atoms with Crippen molar-refractivity contribution in [3.8, 4) is 5.75 Å². The van der Waals surface area contributed by atoms with Crippen molar-refractivity contribution in [2.45, 2.75) is 11.4 Å². The summed E-state index contributed by atoms with van der Waals surface area (Å²) in [6.07, 6.45) is 1.51. The minimum absolute atomic E-state index is 0.0166. The van der Waals surface area contributed by atoms with E-state index in [0.717, 1.165) is 0 Å². The predicted molar refractivity (Wildman–Crippen MR) is 64.2 cm³/mol. The highest BCUT2D eigenvalue weighted by Crippen LogP contribution is 2.14. The van der Waals surface area contributed by atoms with Gasteiger partial charge in [-0.2, -0.15) is 10.2 Å². The quantitative estimate of drug-likeness (QED) is 0.847. The molecule has 0 aliphatic rings. The Labute approximate surface area is 104 Å². The molecular weight excluding hydrogens is 254 g/mol. The highest BCUT2D eigenvalue weighted by molar-refractivity contribution is 7.89. The van der Waals surface area contributed by atoms with Crippen LogP contribution in [0.3, 0.4) is 0 Å². The fourth-order valence-corrected chi connectivity index (χ4v) is 2.30. The number of phenolic OH excluding ortho intramolecular Hbond substituents is 1. The first kappa shape index (κ1) is 12.5. The Morgan fingerprint density at radius 1 is 1.17 bits per heavy atom. The summed E-state index contributed by atoms with van der Waals surface area (Å²) in [7, 11) is -3.60. The maximum atomic E-state index is 11.9. The Morgan fingerprint density at radius 3 is 2.50 bits per heavy atom. The van der Waals surface area contributed by atoms with Gasteiger partial charge in [-0.25, -0.2) is 13.1 Å². The molecule has 0 radical (unpaired) electrons. The van der Waals surface area contributed by atoms with Gasteiger partial charge in [-0.15, -0.1) is 0 Å². The molecule has 2 aromatic rings. The zero-order chi connectivity index (χ0) is 13.0. The monoisotopic (exact) mass is 265 g/mol. The maximum Gasteiger partial charge on any atom is 0.240 e. The minimum atomic E-state index is -3.60. The van der Waals surface area contributed by atoms with Crippen LogP contribution >= 0.6 is 0 Å². The molecule has 1 heterocycles. The SMILES string of the molecule is O=S(=O)(NCc1cccnn1)c1ccc(O)cc1. The lowest BCUT2D eigenvalue weighted by Crippen LogP contribution is -2.23. The molecule has 0 spiro atoms. The molecule has 2 rings (SSSR count). The second kappa shape index (κ2) is 5.11. The van der Waals surface area contributed by atoms with Gasteiger partial charge >= 0.3 is 0 Å². The first-order valence-corrected chi connectivity index (χ1v) is 6.61. The van der Waals surface area contributed by atoms with Gasteiger partial charge in [-0.3, -0.25) is 0 Å². The number of phenols is 1. The first-order valence-electron chi connectivity index (χ1n) is 5.13. The van der Waals surface area contributed by atoms with Gasteiger partial charge < -0.3 is 5.11 Å². The Morgan fingerprint density at radius 2 is 1.89 bits per heavy atom. The van der Waals surface area contributed by atoms with Crippen LogP contribution in [0.15, 0.2) is 47.5 Å². The van der Waals surface area contributed by atoms with E-state index < -0.39 is 10.0 Å². The number of sulfonamides is 1. The number of nitrogens with one attached hydrogen (secondary N) is 1. The number of aromatic hydroxyl groups is 1. The Bertz CT molecular complexity index is 612. The predicted octanol–water partition coefficient (Wildman–Crippen LogP) is 0.661. The van der Waals surface area contributed by atoms with Crippen molar-refractivity contribution in [1.82, 2.24) is 14.9 Å². The summed E-state index contributed by atoms with van der Waals surface area (Å²) in [6.45, 7) is 0.0665. The lowest BCUT2D eigenvalue weighted by molar-refractivity contribution is 0.474. The number of rotatable bonds is 4. The van der Waals surface area contributed by atoms with Crippen LogP contribution in [-0.4, -0.2) is 23.7 Å². The van der Waals surface area contributed by atoms with E-state index in [2.05, 4.69) is 14.9 Å². The summed E-state index contributed by atoms with van der Waals surface area (Å²) in [4.78, 5) is 0.0872. The van der Waals surface area contributed by atoms with Crippen LogP contribution in [0.25, 0.3) is 0 Å². The number of aromatic nitrogens is 2. The third kappa shape index (κ3) is 3.02. The molecule has 2 N–H and O–H groups in total. The molecule has 94 valence electrons. The normalized spacial score (nSPS) is 11.3. The first-order chi connectivity index (χ1) is 8.58. The summed E-state index contributed by atoms with van der Waals surface area (Å²) < 4.78 is 26.2. The van der Waals surface area contributed by atoms with Crippen molar-refractivity contribution in [3.05, 3.63) is 48.3 Å². The molecule has 0 aliphatic carbocycles. The number of benzene rings is 1. The maximum absolute atomic E-state index is 11.9. The second-order valence-electron chi connectivity index (χ2n) is 3.53. The Balaban J connectivity index is 2.11. The van der Waals surface area contributed by atoms with Crippen LogP contribution in [0.4, 0.5) is 0 Å². The van der Waals surface area contributed by atoms with Crippen LogP contribution in [0, 0.1) is 0 Å². The third-order valence-electron chi connectivity index (χ3n) is 2.22. The lowest BCUT2D eigenvalue weighted by Gasteiger charge is -2.05. The molecule has 0 atom stereocenters. The average molecular weight is 265 g/mol. The fourth-order valence-electron chi connectivity index (χ4n) is 1.31. The van der Waals surface area contributed by atoms with E-state index in [1.165, 1.54) is 30.5 Å². The van der Waals surface area contributed by atoms with E-state index >= 15 is 0 Å². The van der Waals surface area contributed by atoms with E-state index in [-0.39, 0.29) is 17.2 Å². The summed E-state index contributed by atoms with van der Waals surface area (Å²) >= 11 is 0. The molecule has 1 aromatic heterocycles. The molecule has 7 heteroatoms. The molecule has 0 saturated heterocycles. The van der Waals surface area contributed by atoms with Crippen molar-refractivity contribution in [1.29, 1.82) is 0 Å². The average Bonchev–Trinajstić information content (AvgIpc) is 2.38. The van der Waals surface area contributed by atoms with Gasteiger partial charge in [0.05, 0.1) is 17.1 Å². The van der Waals surface area contributed by atoms with Crippen molar-refractivity contribution < 1.29 is 13.5 Å². The number of nitrogens with zero attached hydrogens (tertiary/aromatic N) is 2. The van der Waals surface area contributed by atoms with E-state index in [1.807, 2.05) is 0 Å². The third-order valence-corrected chi connectivity index (χ3v) is 3.64. The molecule has 0 amide bonds. The zero-order valence-electron chi connectivity index (χ0n) is 9.31. The summed E-state index contributed by atoms with van der Waals surface area (Å²) in [5.74, 6) is 0.0166. The largest absolute Gasteiger partial charge is 0.508 e. The van der Waals surface area contributed by atoms with Crippen LogP contribution in [0.1, 0.15) is 5.69 Å². The van der Waals surface area contributed by atoms with Crippen LogP contribution in [-0.2, 0) is 16.6 Å². The fraction of sp³-hybridized carbons (Fsp3) is 0.0909. The van der Waals surface area contributed by atoms with Gasteiger partial charge in [-0.1, -0.05) is 0 Å². The van der Waals surface area contributed by atoms with E-state index in [1.54, 1.807) is 12.1 Å². The molecule has 6 nitrogen and oxygen atoms in total. The van der Waals surface area contributed by atoms with Crippen molar-refractivity contribution in [3.63, 3.8) is 0 Å². The smallest absolute Gasteiger partial charge is 0.240 e. The highest BCUT2D eigenvalue weighted by Gasteiger charge is 2.13.